The molecule has 2 aliphatic rings. The summed E-state index contributed by atoms with van der Waals surface area (Å²) in [5.41, 5.74) is -0.787. The molecule has 0 aliphatic carbocycles. The molecule has 0 amide bonds. The zero-order valence-corrected chi connectivity index (χ0v) is 22.3. The molecule has 2 fully saturated rings. The molecule has 1 N–H and O–H groups in total. The Morgan fingerprint density at radius 2 is 1.65 bits per heavy atom. The van der Waals surface area contributed by atoms with E-state index in [2.05, 4.69) is 4.72 Å². The number of carbonyl (C=O) groups excluding carboxylic acids is 1. The van der Waals surface area contributed by atoms with Gasteiger partial charge in [-0.3, -0.25) is 4.79 Å². The van der Waals surface area contributed by atoms with Gasteiger partial charge in [0.05, 0.1) is 30.8 Å². The molecule has 202 valence electrons. The minimum absolute atomic E-state index is 0.0593. The fourth-order valence-electron chi connectivity index (χ4n) is 4.24. The van der Waals surface area contributed by atoms with Gasteiger partial charge in [0.1, 0.15) is 35.9 Å². The largest absolute Gasteiger partial charge is 0.468 e. The predicted molar refractivity (Wildman–Crippen MR) is 133 cm³/mol. The SMILES string of the molecule is COC(=O)[C@H](NS(=O)(=O)c1ccc(Oc2ccccc2)cc1)[C@H]1OC(C)(C)CO[C@@H]1[C@H]1COC(C)(C)O1. The van der Waals surface area contributed by atoms with E-state index in [-0.39, 0.29) is 18.1 Å². The quantitative estimate of drug-likeness (QED) is 0.509. The highest BCUT2D eigenvalue weighted by Gasteiger charge is 2.51. The molecular formula is C26H33NO9S. The summed E-state index contributed by atoms with van der Waals surface area (Å²) < 4.78 is 63.8. The Labute approximate surface area is 217 Å². The molecule has 2 saturated heterocycles. The van der Waals surface area contributed by atoms with Crippen LogP contribution in [-0.4, -0.2) is 70.5 Å². The van der Waals surface area contributed by atoms with Crippen LogP contribution in [0.1, 0.15) is 27.7 Å². The van der Waals surface area contributed by atoms with Crippen LogP contribution in [0.5, 0.6) is 11.5 Å². The number of carbonyl (C=O) groups is 1. The molecular weight excluding hydrogens is 502 g/mol. The van der Waals surface area contributed by atoms with Gasteiger partial charge in [-0.15, -0.1) is 0 Å². The highest BCUT2D eigenvalue weighted by atomic mass is 32.2. The topological polar surface area (TPSA) is 119 Å². The fraction of sp³-hybridized carbons (Fsp3) is 0.500. The Morgan fingerprint density at radius 3 is 2.24 bits per heavy atom. The molecule has 2 aromatic carbocycles. The van der Waals surface area contributed by atoms with E-state index in [1.54, 1.807) is 39.8 Å². The lowest BCUT2D eigenvalue weighted by atomic mass is 9.97. The average Bonchev–Trinajstić information content (AvgIpc) is 3.21. The van der Waals surface area contributed by atoms with Crippen LogP contribution in [0, 0.1) is 0 Å². The van der Waals surface area contributed by atoms with Crippen LogP contribution < -0.4 is 9.46 Å². The molecule has 0 spiro atoms. The zero-order chi connectivity index (χ0) is 26.8. The summed E-state index contributed by atoms with van der Waals surface area (Å²) in [5, 5.41) is 0. The summed E-state index contributed by atoms with van der Waals surface area (Å²) in [6.07, 6.45) is -2.42. The second-order valence-electron chi connectivity index (χ2n) is 9.99. The summed E-state index contributed by atoms with van der Waals surface area (Å²) >= 11 is 0. The molecule has 37 heavy (non-hydrogen) atoms. The maximum atomic E-state index is 13.4. The van der Waals surface area contributed by atoms with Crippen molar-refractivity contribution >= 4 is 16.0 Å². The highest BCUT2D eigenvalue weighted by molar-refractivity contribution is 7.89. The third-order valence-electron chi connectivity index (χ3n) is 5.98. The van der Waals surface area contributed by atoms with Gasteiger partial charge in [0, 0.05) is 0 Å². The van der Waals surface area contributed by atoms with Crippen molar-refractivity contribution in [2.24, 2.45) is 0 Å². The molecule has 4 atom stereocenters. The van der Waals surface area contributed by atoms with Gasteiger partial charge in [-0.2, -0.15) is 4.72 Å². The highest BCUT2D eigenvalue weighted by Crippen LogP contribution is 2.34. The van der Waals surface area contributed by atoms with Crippen molar-refractivity contribution in [1.29, 1.82) is 0 Å². The minimum Gasteiger partial charge on any atom is -0.468 e. The standard InChI is InChI=1S/C26H33NO9S/c1-25(2)16-32-22(20-15-33-26(3,4)35-20)23(36-25)21(24(28)31-5)27-37(29,30)19-13-11-18(12-14-19)34-17-9-7-6-8-10-17/h6-14,20-23,27H,15-16H2,1-5H3/t20-,21-,22-,23-/m1/s1. The van der Waals surface area contributed by atoms with E-state index in [1.807, 2.05) is 18.2 Å². The molecule has 2 aromatic rings. The van der Waals surface area contributed by atoms with Crippen LogP contribution in [0.25, 0.3) is 0 Å². The van der Waals surface area contributed by atoms with Crippen molar-refractivity contribution in [3.8, 4) is 11.5 Å². The fourth-order valence-corrected chi connectivity index (χ4v) is 5.43. The summed E-state index contributed by atoms with van der Waals surface area (Å²) in [6.45, 7) is 7.53. The van der Waals surface area contributed by atoms with Crippen molar-refractivity contribution < 1.29 is 41.6 Å². The molecule has 0 aromatic heterocycles. The number of hydrogen-bond donors (Lipinski definition) is 1. The van der Waals surface area contributed by atoms with E-state index >= 15 is 0 Å². The van der Waals surface area contributed by atoms with E-state index in [9.17, 15) is 13.2 Å². The first-order valence-corrected chi connectivity index (χ1v) is 13.4. The lowest BCUT2D eigenvalue weighted by Gasteiger charge is -2.44. The van der Waals surface area contributed by atoms with Crippen molar-refractivity contribution in [3.05, 3.63) is 54.6 Å². The zero-order valence-electron chi connectivity index (χ0n) is 21.5. The van der Waals surface area contributed by atoms with Gasteiger partial charge in [-0.05, 0) is 64.1 Å². The Morgan fingerprint density at radius 1 is 1.00 bits per heavy atom. The Hall–Kier alpha value is -2.54. The molecule has 0 bridgehead atoms. The number of nitrogens with one attached hydrogen (secondary N) is 1. The second kappa shape index (κ2) is 10.7. The van der Waals surface area contributed by atoms with E-state index < -0.39 is 51.7 Å². The van der Waals surface area contributed by atoms with Gasteiger partial charge < -0.3 is 28.4 Å². The van der Waals surface area contributed by atoms with E-state index in [0.29, 0.717) is 11.5 Å². The van der Waals surface area contributed by atoms with Crippen LogP contribution in [0.4, 0.5) is 0 Å². The summed E-state index contributed by atoms with van der Waals surface area (Å²) in [6, 6.07) is 13.6. The monoisotopic (exact) mass is 535 g/mol. The van der Waals surface area contributed by atoms with Crippen LogP contribution in [0.15, 0.2) is 59.5 Å². The van der Waals surface area contributed by atoms with Crippen LogP contribution in [-0.2, 0) is 38.5 Å². The normalized spacial score (nSPS) is 25.8. The maximum absolute atomic E-state index is 13.4. The van der Waals surface area contributed by atoms with Gasteiger partial charge in [0.2, 0.25) is 10.0 Å². The third kappa shape index (κ3) is 6.67. The number of ether oxygens (including phenoxy) is 6. The molecule has 2 aliphatic heterocycles. The molecule has 4 rings (SSSR count). The first-order valence-electron chi connectivity index (χ1n) is 11.9. The molecule has 10 nitrogen and oxygen atoms in total. The van der Waals surface area contributed by atoms with Gasteiger partial charge in [-0.25, -0.2) is 8.42 Å². The van der Waals surface area contributed by atoms with E-state index in [1.165, 1.54) is 31.4 Å². The van der Waals surface area contributed by atoms with Crippen molar-refractivity contribution in [1.82, 2.24) is 4.72 Å². The van der Waals surface area contributed by atoms with E-state index in [0.717, 1.165) is 0 Å². The third-order valence-corrected chi connectivity index (χ3v) is 7.43. The maximum Gasteiger partial charge on any atom is 0.326 e. The summed E-state index contributed by atoms with van der Waals surface area (Å²) in [7, 11) is -2.99. The smallest absolute Gasteiger partial charge is 0.326 e. The van der Waals surface area contributed by atoms with Crippen molar-refractivity contribution in [2.75, 3.05) is 20.3 Å². The lowest BCUT2D eigenvalue weighted by Crippen LogP contribution is -2.63. The number of hydrogen-bond acceptors (Lipinski definition) is 9. The second-order valence-corrected chi connectivity index (χ2v) is 11.7. The van der Waals surface area contributed by atoms with E-state index in [4.69, 9.17) is 28.4 Å². The Kier molecular flexibility index (Phi) is 7.93. The molecule has 0 saturated carbocycles. The molecule has 2 heterocycles. The first kappa shape index (κ1) is 27.5. The van der Waals surface area contributed by atoms with Crippen LogP contribution >= 0.6 is 0 Å². The minimum atomic E-state index is -4.17. The van der Waals surface area contributed by atoms with Gasteiger partial charge in [0.15, 0.2) is 5.79 Å². The van der Waals surface area contributed by atoms with Crippen molar-refractivity contribution in [3.63, 3.8) is 0 Å². The Balaban J connectivity index is 1.57. The van der Waals surface area contributed by atoms with Crippen molar-refractivity contribution in [2.45, 2.75) is 68.3 Å². The number of para-hydroxylation sites is 1. The lowest BCUT2D eigenvalue weighted by molar-refractivity contribution is -0.254. The average molecular weight is 536 g/mol. The molecule has 11 heteroatoms. The molecule has 0 radical (unpaired) electrons. The summed E-state index contributed by atoms with van der Waals surface area (Å²) in [5.74, 6) is -0.593. The Bertz CT molecular complexity index is 1180. The van der Waals surface area contributed by atoms with Crippen LogP contribution in [0.2, 0.25) is 0 Å². The van der Waals surface area contributed by atoms with Gasteiger partial charge in [-0.1, -0.05) is 18.2 Å². The number of methoxy groups -OCH3 is 1. The number of sulfonamides is 1. The van der Waals surface area contributed by atoms with Gasteiger partial charge >= 0.3 is 5.97 Å². The van der Waals surface area contributed by atoms with Crippen LogP contribution in [0.3, 0.4) is 0 Å². The number of benzene rings is 2. The number of esters is 1. The predicted octanol–water partition coefficient (Wildman–Crippen LogP) is 3.01. The first-order chi connectivity index (χ1) is 17.4. The van der Waals surface area contributed by atoms with Gasteiger partial charge in [0.25, 0.3) is 0 Å². The molecule has 0 unspecified atom stereocenters. The summed E-state index contributed by atoms with van der Waals surface area (Å²) in [4.78, 5) is 12.8. The number of rotatable bonds is 8.